The van der Waals surface area contributed by atoms with E-state index < -0.39 is 0 Å². The molecule has 0 aromatic heterocycles. The Morgan fingerprint density at radius 1 is 1.17 bits per heavy atom. The molecule has 1 N–H and O–H groups in total. The van der Waals surface area contributed by atoms with E-state index in [-0.39, 0.29) is 0 Å². The number of anilines is 1. The maximum atomic E-state index is 5.40. The molecule has 0 aliphatic heterocycles. The van der Waals surface area contributed by atoms with Gasteiger partial charge in [0.25, 0.3) is 0 Å². The van der Waals surface area contributed by atoms with Crippen LogP contribution in [0.1, 0.15) is 45.4 Å². The number of para-hydroxylation sites is 2. The molecule has 1 aromatic carbocycles. The Kier molecular flexibility index (Phi) is 4.91. The Morgan fingerprint density at radius 3 is 2.78 bits per heavy atom. The molecule has 1 aromatic rings. The van der Waals surface area contributed by atoms with Crippen LogP contribution in [0.2, 0.25) is 0 Å². The zero-order chi connectivity index (χ0) is 12.8. The lowest BCUT2D eigenvalue weighted by Gasteiger charge is -2.19. The van der Waals surface area contributed by atoms with Crippen molar-refractivity contribution in [3.8, 4) is 5.75 Å². The van der Waals surface area contributed by atoms with E-state index in [1.54, 1.807) is 7.11 Å². The lowest BCUT2D eigenvalue weighted by Crippen LogP contribution is -2.18. The first-order valence-corrected chi connectivity index (χ1v) is 7.23. The minimum atomic E-state index is 0.609. The number of benzene rings is 1. The van der Waals surface area contributed by atoms with Crippen molar-refractivity contribution in [1.82, 2.24) is 0 Å². The molecule has 2 unspecified atom stereocenters. The van der Waals surface area contributed by atoms with Crippen LogP contribution in [0, 0.1) is 5.92 Å². The second-order valence-corrected chi connectivity index (χ2v) is 5.32. The second-order valence-electron chi connectivity index (χ2n) is 5.32. The lowest BCUT2D eigenvalue weighted by atomic mass is 9.98. The van der Waals surface area contributed by atoms with Gasteiger partial charge in [-0.1, -0.05) is 38.3 Å². The number of hydrogen-bond donors (Lipinski definition) is 1. The lowest BCUT2D eigenvalue weighted by molar-refractivity contribution is 0.415. The highest BCUT2D eigenvalue weighted by Gasteiger charge is 2.18. The average molecular weight is 247 g/mol. The smallest absolute Gasteiger partial charge is 0.141 e. The second kappa shape index (κ2) is 6.67. The maximum absolute atomic E-state index is 5.40. The van der Waals surface area contributed by atoms with E-state index in [0.717, 1.165) is 17.4 Å². The molecule has 2 atom stereocenters. The van der Waals surface area contributed by atoms with Gasteiger partial charge in [0.15, 0.2) is 0 Å². The van der Waals surface area contributed by atoms with Gasteiger partial charge in [-0.15, -0.1) is 0 Å². The summed E-state index contributed by atoms with van der Waals surface area (Å²) in [5.41, 5.74) is 1.14. The van der Waals surface area contributed by atoms with E-state index in [2.05, 4.69) is 24.4 Å². The molecule has 1 aliphatic rings. The maximum Gasteiger partial charge on any atom is 0.141 e. The van der Waals surface area contributed by atoms with Crippen LogP contribution >= 0.6 is 0 Å². The summed E-state index contributed by atoms with van der Waals surface area (Å²) in [6, 6.07) is 8.83. The molecule has 18 heavy (non-hydrogen) atoms. The Balaban J connectivity index is 1.96. The van der Waals surface area contributed by atoms with Crippen LogP contribution in [0.5, 0.6) is 5.75 Å². The van der Waals surface area contributed by atoms with E-state index in [9.17, 15) is 0 Å². The standard InChI is InChI=1S/C16H25NO/c1-3-13-7-6-8-14(12-11-13)17-15-9-4-5-10-16(15)18-2/h4-5,9-10,13-14,17H,3,6-8,11-12H2,1-2H3. The van der Waals surface area contributed by atoms with Gasteiger partial charge in [0.1, 0.15) is 5.75 Å². The summed E-state index contributed by atoms with van der Waals surface area (Å²) in [5.74, 6) is 1.89. The molecule has 0 heterocycles. The Bertz CT molecular complexity index is 364. The van der Waals surface area contributed by atoms with E-state index >= 15 is 0 Å². The predicted octanol–water partition coefficient (Wildman–Crippen LogP) is 4.47. The van der Waals surface area contributed by atoms with Crippen molar-refractivity contribution in [2.24, 2.45) is 5.92 Å². The largest absolute Gasteiger partial charge is 0.495 e. The number of ether oxygens (including phenoxy) is 1. The van der Waals surface area contributed by atoms with Crippen LogP contribution in [-0.2, 0) is 0 Å². The van der Waals surface area contributed by atoms with Crippen molar-refractivity contribution >= 4 is 5.69 Å². The van der Waals surface area contributed by atoms with Crippen LogP contribution < -0.4 is 10.1 Å². The monoisotopic (exact) mass is 247 g/mol. The molecule has 0 spiro atoms. The number of hydrogen-bond acceptors (Lipinski definition) is 2. The molecule has 0 saturated heterocycles. The number of rotatable bonds is 4. The van der Waals surface area contributed by atoms with Gasteiger partial charge in [-0.3, -0.25) is 0 Å². The van der Waals surface area contributed by atoms with Crippen LogP contribution in [0.15, 0.2) is 24.3 Å². The van der Waals surface area contributed by atoms with Crippen LogP contribution in [0.25, 0.3) is 0 Å². The van der Waals surface area contributed by atoms with Crippen LogP contribution in [0.3, 0.4) is 0 Å². The third kappa shape index (κ3) is 3.41. The van der Waals surface area contributed by atoms with E-state index in [4.69, 9.17) is 4.74 Å². The molecule has 0 amide bonds. The van der Waals surface area contributed by atoms with Crippen molar-refractivity contribution in [2.75, 3.05) is 12.4 Å². The van der Waals surface area contributed by atoms with Crippen molar-refractivity contribution in [3.63, 3.8) is 0 Å². The van der Waals surface area contributed by atoms with Crippen molar-refractivity contribution in [3.05, 3.63) is 24.3 Å². The first-order valence-electron chi connectivity index (χ1n) is 7.23. The highest BCUT2D eigenvalue weighted by molar-refractivity contribution is 5.56. The zero-order valence-electron chi connectivity index (χ0n) is 11.6. The van der Waals surface area contributed by atoms with Gasteiger partial charge < -0.3 is 10.1 Å². The summed E-state index contributed by atoms with van der Waals surface area (Å²) in [7, 11) is 1.74. The van der Waals surface area contributed by atoms with Crippen molar-refractivity contribution < 1.29 is 4.74 Å². The Labute approximate surface area is 111 Å². The van der Waals surface area contributed by atoms with Gasteiger partial charge in [0.05, 0.1) is 12.8 Å². The third-order valence-corrected chi connectivity index (χ3v) is 4.13. The van der Waals surface area contributed by atoms with Crippen molar-refractivity contribution in [2.45, 2.75) is 51.5 Å². The highest BCUT2D eigenvalue weighted by atomic mass is 16.5. The highest BCUT2D eigenvalue weighted by Crippen LogP contribution is 2.30. The van der Waals surface area contributed by atoms with Gasteiger partial charge in [0.2, 0.25) is 0 Å². The van der Waals surface area contributed by atoms with E-state index in [1.807, 2.05) is 12.1 Å². The molecule has 2 rings (SSSR count). The molecular weight excluding hydrogens is 222 g/mol. The third-order valence-electron chi connectivity index (χ3n) is 4.13. The topological polar surface area (TPSA) is 21.3 Å². The summed E-state index contributed by atoms with van der Waals surface area (Å²) in [4.78, 5) is 0. The molecule has 1 fully saturated rings. The molecule has 1 saturated carbocycles. The van der Waals surface area contributed by atoms with Crippen molar-refractivity contribution in [1.29, 1.82) is 0 Å². The van der Waals surface area contributed by atoms with Gasteiger partial charge in [0, 0.05) is 6.04 Å². The van der Waals surface area contributed by atoms with Crippen LogP contribution in [-0.4, -0.2) is 13.2 Å². The molecule has 100 valence electrons. The van der Waals surface area contributed by atoms with E-state index in [1.165, 1.54) is 38.5 Å². The molecule has 2 heteroatoms. The average Bonchev–Trinajstić information content (AvgIpc) is 2.64. The fourth-order valence-electron chi connectivity index (χ4n) is 2.91. The van der Waals surface area contributed by atoms with Gasteiger partial charge in [-0.05, 0) is 37.3 Å². The molecule has 0 bridgehead atoms. The van der Waals surface area contributed by atoms with Gasteiger partial charge in [-0.2, -0.15) is 0 Å². The molecule has 2 nitrogen and oxygen atoms in total. The summed E-state index contributed by atoms with van der Waals surface area (Å²) >= 11 is 0. The SMILES string of the molecule is CCC1CCCC(Nc2ccccc2OC)CC1. The number of methoxy groups -OCH3 is 1. The number of nitrogens with one attached hydrogen (secondary N) is 1. The summed E-state index contributed by atoms with van der Waals surface area (Å²) in [5, 5.41) is 3.66. The fraction of sp³-hybridized carbons (Fsp3) is 0.625. The Hall–Kier alpha value is -1.18. The molecular formula is C16H25NO. The van der Waals surface area contributed by atoms with Crippen LogP contribution in [0.4, 0.5) is 5.69 Å². The normalized spacial score (nSPS) is 24.3. The summed E-state index contributed by atoms with van der Waals surface area (Å²) in [6.45, 7) is 2.32. The van der Waals surface area contributed by atoms with Gasteiger partial charge >= 0.3 is 0 Å². The van der Waals surface area contributed by atoms with Gasteiger partial charge in [-0.25, -0.2) is 0 Å². The fourth-order valence-corrected chi connectivity index (χ4v) is 2.91. The summed E-state index contributed by atoms with van der Waals surface area (Å²) in [6.07, 6.45) is 8.03. The van der Waals surface area contributed by atoms with E-state index in [0.29, 0.717) is 6.04 Å². The first kappa shape index (κ1) is 13.3. The zero-order valence-corrected chi connectivity index (χ0v) is 11.6. The minimum Gasteiger partial charge on any atom is -0.495 e. The summed E-state index contributed by atoms with van der Waals surface area (Å²) < 4.78 is 5.40. The molecule has 1 aliphatic carbocycles. The predicted molar refractivity (Wildman–Crippen MR) is 77.3 cm³/mol. The Morgan fingerprint density at radius 2 is 2.00 bits per heavy atom. The minimum absolute atomic E-state index is 0.609. The quantitative estimate of drug-likeness (QED) is 0.793. The first-order chi connectivity index (χ1) is 8.83. The molecule has 0 radical (unpaired) electrons.